The molecule has 0 amide bonds. The number of aryl methyl sites for hydroxylation is 1. The normalized spacial score (nSPS) is 10.6. The number of aromatic amines is 1. The molecule has 0 aliphatic rings. The summed E-state index contributed by atoms with van der Waals surface area (Å²) < 4.78 is 0. The van der Waals surface area contributed by atoms with Gasteiger partial charge >= 0.3 is 0 Å². The first-order valence-electron chi connectivity index (χ1n) is 5.47. The quantitative estimate of drug-likeness (QED) is 0.818. The molecule has 2 N–H and O–H groups in total. The number of H-pyrrole nitrogens is 1. The van der Waals surface area contributed by atoms with E-state index in [1.54, 1.807) is 6.20 Å². The van der Waals surface area contributed by atoms with Crippen molar-refractivity contribution in [2.75, 3.05) is 7.05 Å². The van der Waals surface area contributed by atoms with Crippen molar-refractivity contribution in [2.24, 2.45) is 0 Å². The second-order valence-corrected chi connectivity index (χ2v) is 3.67. The zero-order chi connectivity index (χ0) is 11.4. The van der Waals surface area contributed by atoms with E-state index in [-0.39, 0.29) is 0 Å². The van der Waals surface area contributed by atoms with E-state index < -0.39 is 0 Å². The van der Waals surface area contributed by atoms with Crippen LogP contribution >= 0.6 is 0 Å². The van der Waals surface area contributed by atoms with Gasteiger partial charge in [-0.25, -0.2) is 4.98 Å². The van der Waals surface area contributed by atoms with E-state index in [4.69, 9.17) is 0 Å². The first kappa shape index (κ1) is 10.8. The van der Waals surface area contributed by atoms with E-state index in [1.807, 2.05) is 25.5 Å². The smallest absolute Gasteiger partial charge is 0.137 e. The van der Waals surface area contributed by atoms with Gasteiger partial charge in [-0.1, -0.05) is 6.92 Å². The summed E-state index contributed by atoms with van der Waals surface area (Å²) in [7, 11) is 1.92. The lowest BCUT2D eigenvalue weighted by Gasteiger charge is -2.03. The molecular weight excluding hydrogens is 200 g/mol. The Bertz CT molecular complexity index is 462. The first-order valence-corrected chi connectivity index (χ1v) is 5.47. The number of nitrogens with zero attached hydrogens (tertiary/aromatic N) is 2. The summed E-state index contributed by atoms with van der Waals surface area (Å²) in [6, 6.07) is 2.00. The van der Waals surface area contributed by atoms with Gasteiger partial charge in [0.05, 0.1) is 0 Å². The Kier molecular flexibility index (Phi) is 3.31. The molecule has 84 valence electrons. The minimum atomic E-state index is 0.805. The molecule has 0 aliphatic heterocycles. The van der Waals surface area contributed by atoms with E-state index in [2.05, 4.69) is 27.2 Å². The number of pyridine rings is 1. The monoisotopic (exact) mass is 216 g/mol. The number of hydrogen-bond donors (Lipinski definition) is 2. The van der Waals surface area contributed by atoms with Gasteiger partial charge in [-0.05, 0) is 25.1 Å². The number of rotatable bonds is 4. The van der Waals surface area contributed by atoms with Crippen LogP contribution in [0.15, 0.2) is 24.7 Å². The van der Waals surface area contributed by atoms with Gasteiger partial charge in [-0.15, -0.1) is 0 Å². The molecule has 4 nitrogen and oxygen atoms in total. The maximum absolute atomic E-state index is 4.39. The van der Waals surface area contributed by atoms with Crippen molar-refractivity contribution in [1.82, 2.24) is 20.3 Å². The average molecular weight is 216 g/mol. The Balaban J connectivity index is 2.34. The van der Waals surface area contributed by atoms with Crippen LogP contribution in [0.1, 0.15) is 18.2 Å². The van der Waals surface area contributed by atoms with Gasteiger partial charge in [0.25, 0.3) is 0 Å². The molecule has 0 unspecified atom stereocenters. The third-order valence-corrected chi connectivity index (χ3v) is 2.54. The molecule has 0 aromatic carbocycles. The minimum Gasteiger partial charge on any atom is -0.341 e. The summed E-state index contributed by atoms with van der Waals surface area (Å²) >= 11 is 0. The van der Waals surface area contributed by atoms with E-state index in [1.165, 1.54) is 5.56 Å². The Hall–Kier alpha value is -1.68. The third kappa shape index (κ3) is 2.12. The Morgan fingerprint density at radius 3 is 3.00 bits per heavy atom. The van der Waals surface area contributed by atoms with Crippen LogP contribution in [0.2, 0.25) is 0 Å². The molecule has 0 saturated carbocycles. The average Bonchev–Trinajstić information content (AvgIpc) is 2.78. The second-order valence-electron chi connectivity index (χ2n) is 3.67. The number of nitrogens with one attached hydrogen (secondary N) is 2. The van der Waals surface area contributed by atoms with Gasteiger partial charge < -0.3 is 10.3 Å². The van der Waals surface area contributed by atoms with Crippen LogP contribution in [-0.2, 0) is 13.0 Å². The molecule has 0 fully saturated rings. The number of imidazole rings is 1. The summed E-state index contributed by atoms with van der Waals surface area (Å²) in [6.45, 7) is 2.93. The predicted molar refractivity (Wildman–Crippen MR) is 64.0 cm³/mol. The molecule has 0 bridgehead atoms. The zero-order valence-corrected chi connectivity index (χ0v) is 9.62. The van der Waals surface area contributed by atoms with Crippen molar-refractivity contribution < 1.29 is 0 Å². The molecule has 0 spiro atoms. The summed E-state index contributed by atoms with van der Waals surface area (Å²) in [6.07, 6.45) is 6.53. The van der Waals surface area contributed by atoms with E-state index in [9.17, 15) is 0 Å². The Morgan fingerprint density at radius 1 is 1.38 bits per heavy atom. The summed E-state index contributed by atoms with van der Waals surface area (Å²) in [5.74, 6) is 0.921. The molecule has 16 heavy (non-hydrogen) atoms. The molecule has 0 aliphatic carbocycles. The van der Waals surface area contributed by atoms with Crippen LogP contribution in [0.4, 0.5) is 0 Å². The molecule has 0 saturated heterocycles. The summed E-state index contributed by atoms with van der Waals surface area (Å²) in [4.78, 5) is 11.8. The highest BCUT2D eigenvalue weighted by atomic mass is 14.9. The van der Waals surface area contributed by atoms with Crippen molar-refractivity contribution in [3.8, 4) is 11.4 Å². The second kappa shape index (κ2) is 4.90. The van der Waals surface area contributed by atoms with Crippen LogP contribution < -0.4 is 5.32 Å². The van der Waals surface area contributed by atoms with Crippen LogP contribution in [-0.4, -0.2) is 22.0 Å². The largest absolute Gasteiger partial charge is 0.341 e. The highest BCUT2D eigenvalue weighted by molar-refractivity contribution is 5.59. The van der Waals surface area contributed by atoms with Crippen molar-refractivity contribution >= 4 is 0 Å². The SMILES string of the molecule is CCc1cnccc1-c1ncc(CNC)[nH]1. The first-order chi connectivity index (χ1) is 7.85. The topological polar surface area (TPSA) is 53.6 Å². The fourth-order valence-corrected chi connectivity index (χ4v) is 1.72. The zero-order valence-electron chi connectivity index (χ0n) is 9.62. The standard InChI is InChI=1S/C12H16N4/c1-3-9-6-14-5-4-11(9)12-15-8-10(16-12)7-13-2/h4-6,8,13H,3,7H2,1-2H3,(H,15,16). The van der Waals surface area contributed by atoms with Crippen LogP contribution in [0, 0.1) is 0 Å². The molecule has 4 heteroatoms. The van der Waals surface area contributed by atoms with E-state index in [0.717, 1.165) is 30.0 Å². The Morgan fingerprint density at radius 2 is 2.25 bits per heavy atom. The van der Waals surface area contributed by atoms with Gasteiger partial charge in [0.1, 0.15) is 5.82 Å². The maximum Gasteiger partial charge on any atom is 0.137 e. The molecule has 0 atom stereocenters. The van der Waals surface area contributed by atoms with Crippen molar-refractivity contribution in [3.63, 3.8) is 0 Å². The predicted octanol–water partition coefficient (Wildman–Crippen LogP) is 1.75. The van der Waals surface area contributed by atoms with E-state index >= 15 is 0 Å². The minimum absolute atomic E-state index is 0.805. The van der Waals surface area contributed by atoms with Crippen molar-refractivity contribution in [3.05, 3.63) is 35.9 Å². The van der Waals surface area contributed by atoms with Gasteiger partial charge in [0.15, 0.2) is 0 Å². The fraction of sp³-hybridized carbons (Fsp3) is 0.333. The van der Waals surface area contributed by atoms with Gasteiger partial charge in [-0.3, -0.25) is 4.98 Å². The molecule has 2 heterocycles. The maximum atomic E-state index is 4.39. The van der Waals surface area contributed by atoms with Gasteiger partial charge in [0.2, 0.25) is 0 Å². The molecule has 2 aromatic heterocycles. The molecule has 2 aromatic rings. The van der Waals surface area contributed by atoms with Crippen molar-refractivity contribution in [2.45, 2.75) is 19.9 Å². The van der Waals surface area contributed by atoms with E-state index in [0.29, 0.717) is 0 Å². The highest BCUT2D eigenvalue weighted by Crippen LogP contribution is 2.20. The van der Waals surface area contributed by atoms with Crippen LogP contribution in [0.3, 0.4) is 0 Å². The van der Waals surface area contributed by atoms with Crippen LogP contribution in [0.5, 0.6) is 0 Å². The van der Waals surface area contributed by atoms with Gasteiger partial charge in [0, 0.05) is 36.4 Å². The Labute approximate surface area is 95.1 Å². The lowest BCUT2D eigenvalue weighted by molar-refractivity contribution is 0.797. The third-order valence-electron chi connectivity index (χ3n) is 2.54. The van der Waals surface area contributed by atoms with Crippen molar-refractivity contribution in [1.29, 1.82) is 0 Å². The lowest BCUT2D eigenvalue weighted by atomic mass is 10.1. The number of aromatic nitrogens is 3. The highest BCUT2D eigenvalue weighted by Gasteiger charge is 2.07. The summed E-state index contributed by atoms with van der Waals surface area (Å²) in [5.41, 5.74) is 3.45. The summed E-state index contributed by atoms with van der Waals surface area (Å²) in [5, 5.41) is 3.09. The van der Waals surface area contributed by atoms with Gasteiger partial charge in [-0.2, -0.15) is 0 Å². The molecule has 2 rings (SSSR count). The fourth-order valence-electron chi connectivity index (χ4n) is 1.72. The molecule has 0 radical (unpaired) electrons. The number of hydrogen-bond acceptors (Lipinski definition) is 3. The van der Waals surface area contributed by atoms with Crippen LogP contribution in [0.25, 0.3) is 11.4 Å². The lowest BCUT2D eigenvalue weighted by Crippen LogP contribution is -2.04. The molecular formula is C12H16N4.